The van der Waals surface area contributed by atoms with Gasteiger partial charge in [-0.15, -0.1) is 0 Å². The molecule has 0 amide bonds. The molecule has 6 heteroatoms. The second-order valence-electron chi connectivity index (χ2n) is 4.63. The highest BCUT2D eigenvalue weighted by Crippen LogP contribution is 2.47. The number of rotatable bonds is 3. The van der Waals surface area contributed by atoms with Gasteiger partial charge in [0, 0.05) is 0 Å². The molecule has 0 spiro atoms. The Morgan fingerprint density at radius 1 is 1.47 bits per heavy atom. The highest BCUT2D eigenvalue weighted by Gasteiger charge is 2.48. The van der Waals surface area contributed by atoms with Crippen molar-refractivity contribution < 1.29 is 14.4 Å². The van der Waals surface area contributed by atoms with Crippen molar-refractivity contribution in [2.75, 3.05) is 5.75 Å². The van der Waals surface area contributed by atoms with E-state index in [-0.39, 0.29) is 11.8 Å². The zero-order valence-corrected chi connectivity index (χ0v) is 10.2. The molecular formula is C11H14N2O3S. The van der Waals surface area contributed by atoms with Crippen LogP contribution in [0.3, 0.4) is 0 Å². The minimum Gasteiger partial charge on any atom is -0.481 e. The topological polar surface area (TPSA) is 76.2 Å². The maximum absolute atomic E-state index is 10.8. The Hall–Kier alpha value is -1.04. The summed E-state index contributed by atoms with van der Waals surface area (Å²) in [4.78, 5) is 15.1. The highest BCUT2D eigenvalue weighted by atomic mass is 32.2. The van der Waals surface area contributed by atoms with Gasteiger partial charge in [-0.3, -0.25) is 4.79 Å². The van der Waals surface area contributed by atoms with Gasteiger partial charge in [-0.1, -0.05) is 11.6 Å². The summed E-state index contributed by atoms with van der Waals surface area (Å²) in [5.41, 5.74) is 0. The van der Waals surface area contributed by atoms with Gasteiger partial charge in [-0.25, -0.2) is 0 Å². The van der Waals surface area contributed by atoms with Crippen LogP contribution in [0.5, 0.6) is 0 Å². The van der Waals surface area contributed by atoms with Gasteiger partial charge in [-0.05, 0) is 25.0 Å². The van der Waals surface area contributed by atoms with Gasteiger partial charge in [0.05, 0.1) is 17.1 Å². The van der Waals surface area contributed by atoms with E-state index in [1.807, 2.05) is 11.8 Å². The van der Waals surface area contributed by atoms with Crippen LogP contribution in [-0.2, 0) is 4.79 Å². The van der Waals surface area contributed by atoms with Gasteiger partial charge >= 0.3 is 5.97 Å². The lowest BCUT2D eigenvalue weighted by Crippen LogP contribution is -2.04. The number of carboxylic acid groups (broad SMARTS) is 1. The van der Waals surface area contributed by atoms with E-state index in [2.05, 4.69) is 10.1 Å². The molecule has 3 rings (SSSR count). The number of aliphatic carboxylic acids is 1. The molecule has 5 nitrogen and oxygen atoms in total. The van der Waals surface area contributed by atoms with Crippen molar-refractivity contribution in [1.29, 1.82) is 0 Å². The SMILES string of the molecule is O=C(O)C1CC1c1nc(C2CCCCS2)no1. The second kappa shape index (κ2) is 4.33. The average molecular weight is 254 g/mol. The zero-order valence-electron chi connectivity index (χ0n) is 9.33. The molecule has 0 aromatic carbocycles. The highest BCUT2D eigenvalue weighted by molar-refractivity contribution is 7.99. The monoisotopic (exact) mass is 254 g/mol. The third-order valence-electron chi connectivity index (χ3n) is 3.35. The maximum Gasteiger partial charge on any atom is 0.307 e. The summed E-state index contributed by atoms with van der Waals surface area (Å²) in [6.07, 6.45) is 4.20. The van der Waals surface area contributed by atoms with Crippen LogP contribution < -0.4 is 0 Å². The average Bonchev–Trinajstić information content (AvgIpc) is 3.01. The molecule has 2 aliphatic rings. The van der Waals surface area contributed by atoms with Crippen LogP contribution >= 0.6 is 11.8 Å². The van der Waals surface area contributed by atoms with Crippen molar-refractivity contribution in [3.05, 3.63) is 11.7 Å². The zero-order chi connectivity index (χ0) is 11.8. The van der Waals surface area contributed by atoms with E-state index in [9.17, 15) is 4.79 Å². The molecule has 0 bridgehead atoms. The summed E-state index contributed by atoms with van der Waals surface area (Å²) in [5.74, 6) is 1.28. The Labute approximate surface area is 103 Å². The fourth-order valence-electron chi connectivity index (χ4n) is 2.21. The first-order chi connectivity index (χ1) is 8.25. The van der Waals surface area contributed by atoms with Crippen LogP contribution in [0.25, 0.3) is 0 Å². The fraction of sp³-hybridized carbons (Fsp3) is 0.727. The van der Waals surface area contributed by atoms with Gasteiger partial charge in [0.1, 0.15) is 0 Å². The Morgan fingerprint density at radius 3 is 3.00 bits per heavy atom. The first-order valence-corrected chi connectivity index (χ1v) is 6.98. The first-order valence-electron chi connectivity index (χ1n) is 5.93. The normalized spacial score (nSPS) is 32.4. The Bertz CT molecular complexity index is 428. The van der Waals surface area contributed by atoms with Crippen LogP contribution in [0.1, 0.15) is 48.6 Å². The molecule has 0 radical (unpaired) electrons. The lowest BCUT2D eigenvalue weighted by atomic mass is 10.2. The molecule has 2 heterocycles. The summed E-state index contributed by atoms with van der Waals surface area (Å²) in [5, 5.41) is 13.2. The molecular weight excluding hydrogens is 240 g/mol. The molecule has 1 saturated carbocycles. The maximum atomic E-state index is 10.8. The van der Waals surface area contributed by atoms with E-state index in [1.54, 1.807) is 0 Å². The Kier molecular flexibility index (Phi) is 2.82. The van der Waals surface area contributed by atoms with E-state index in [4.69, 9.17) is 9.63 Å². The smallest absolute Gasteiger partial charge is 0.307 e. The molecule has 1 aliphatic carbocycles. The summed E-state index contributed by atoms with van der Waals surface area (Å²) < 4.78 is 5.18. The van der Waals surface area contributed by atoms with Crippen molar-refractivity contribution in [2.45, 2.75) is 36.9 Å². The number of carbonyl (C=O) groups is 1. The third kappa shape index (κ3) is 2.18. The van der Waals surface area contributed by atoms with Crippen molar-refractivity contribution in [1.82, 2.24) is 10.1 Å². The predicted octanol–water partition coefficient (Wildman–Crippen LogP) is 2.22. The van der Waals surface area contributed by atoms with Crippen LogP contribution in [0, 0.1) is 5.92 Å². The lowest BCUT2D eigenvalue weighted by Gasteiger charge is -2.17. The molecule has 1 aliphatic heterocycles. The number of hydrogen-bond donors (Lipinski definition) is 1. The molecule has 2 fully saturated rings. The number of thioether (sulfide) groups is 1. The fourth-order valence-corrected chi connectivity index (χ4v) is 3.45. The minimum absolute atomic E-state index is 0.0534. The molecule has 1 saturated heterocycles. The van der Waals surface area contributed by atoms with Gasteiger partial charge in [0.2, 0.25) is 5.89 Å². The van der Waals surface area contributed by atoms with E-state index in [0.29, 0.717) is 17.6 Å². The third-order valence-corrected chi connectivity index (χ3v) is 4.72. The van der Waals surface area contributed by atoms with E-state index in [0.717, 1.165) is 18.0 Å². The standard InChI is InChI=1S/C11H14N2O3S/c14-11(15)7-5-6(7)10-12-9(13-16-10)8-3-1-2-4-17-8/h6-8H,1-5H2,(H,14,15). The number of hydrogen-bond acceptors (Lipinski definition) is 5. The van der Waals surface area contributed by atoms with E-state index < -0.39 is 5.97 Å². The summed E-state index contributed by atoms with van der Waals surface area (Å²) >= 11 is 1.87. The lowest BCUT2D eigenvalue weighted by molar-refractivity contribution is -0.138. The molecule has 1 aromatic heterocycles. The van der Waals surface area contributed by atoms with Crippen LogP contribution in [0.2, 0.25) is 0 Å². The van der Waals surface area contributed by atoms with Gasteiger partial charge < -0.3 is 9.63 Å². The van der Waals surface area contributed by atoms with Crippen molar-refractivity contribution in [2.24, 2.45) is 5.92 Å². The van der Waals surface area contributed by atoms with Gasteiger partial charge in [-0.2, -0.15) is 16.7 Å². The molecule has 92 valence electrons. The second-order valence-corrected chi connectivity index (χ2v) is 5.94. The molecule has 1 aromatic rings. The first kappa shape index (κ1) is 11.1. The number of carboxylic acids is 1. The van der Waals surface area contributed by atoms with E-state index >= 15 is 0 Å². The Balaban J connectivity index is 1.68. The predicted molar refractivity (Wildman–Crippen MR) is 61.8 cm³/mol. The molecule has 17 heavy (non-hydrogen) atoms. The summed E-state index contributed by atoms with van der Waals surface area (Å²) in [7, 11) is 0. The minimum atomic E-state index is -0.762. The molecule has 3 unspecified atom stereocenters. The van der Waals surface area contributed by atoms with Gasteiger partial charge in [0.15, 0.2) is 5.82 Å². The summed E-state index contributed by atoms with van der Waals surface area (Å²) in [6.45, 7) is 0. The van der Waals surface area contributed by atoms with E-state index in [1.165, 1.54) is 12.8 Å². The quantitative estimate of drug-likeness (QED) is 0.891. The number of aromatic nitrogens is 2. The van der Waals surface area contributed by atoms with Crippen molar-refractivity contribution in [3.63, 3.8) is 0 Å². The van der Waals surface area contributed by atoms with Crippen molar-refractivity contribution >= 4 is 17.7 Å². The van der Waals surface area contributed by atoms with Crippen molar-refractivity contribution in [3.8, 4) is 0 Å². The van der Waals surface area contributed by atoms with Crippen LogP contribution in [0.15, 0.2) is 4.52 Å². The summed E-state index contributed by atoms with van der Waals surface area (Å²) in [6, 6.07) is 0. The van der Waals surface area contributed by atoms with Gasteiger partial charge in [0.25, 0.3) is 0 Å². The van der Waals surface area contributed by atoms with Crippen LogP contribution in [0.4, 0.5) is 0 Å². The molecule has 3 atom stereocenters. The largest absolute Gasteiger partial charge is 0.481 e. The number of nitrogens with zero attached hydrogens (tertiary/aromatic N) is 2. The Morgan fingerprint density at radius 2 is 2.35 bits per heavy atom. The van der Waals surface area contributed by atoms with Crippen LogP contribution in [-0.4, -0.2) is 27.0 Å². The molecule has 1 N–H and O–H groups in total.